The predicted molar refractivity (Wildman–Crippen MR) is 108 cm³/mol. The Kier molecular flexibility index (Phi) is 6.46. The molecule has 1 amide bonds. The maximum atomic E-state index is 12.7. The lowest BCUT2D eigenvalue weighted by Crippen LogP contribution is -2.40. The van der Waals surface area contributed by atoms with Crippen molar-refractivity contribution in [1.82, 2.24) is 9.21 Å². The molecular weight excluding hydrogens is 378 g/mol. The first kappa shape index (κ1) is 20.5. The summed E-state index contributed by atoms with van der Waals surface area (Å²) in [6, 6.07) is 13.7. The molecule has 1 aliphatic rings. The van der Waals surface area contributed by atoms with E-state index < -0.39 is 10.0 Å². The zero-order chi connectivity index (χ0) is 20.1. The summed E-state index contributed by atoms with van der Waals surface area (Å²) in [5.41, 5.74) is 2.15. The van der Waals surface area contributed by atoms with Crippen LogP contribution in [-0.2, 0) is 21.3 Å². The lowest BCUT2D eigenvalue weighted by atomic mass is 10.1. The molecule has 7 nitrogen and oxygen atoms in total. The van der Waals surface area contributed by atoms with Crippen LogP contribution < -0.4 is 5.32 Å². The number of sulfonamides is 1. The standard InChI is InChI=1S/C20H25N3O4S/c1-22(2)15-17-5-3-4-6-19(17)21-20(24)16-7-9-18(10-8-16)28(25,26)23-11-13-27-14-12-23/h3-10H,11-15H2,1-2H3,(H,21,24). The van der Waals surface area contributed by atoms with E-state index >= 15 is 0 Å². The third-order valence-electron chi connectivity index (χ3n) is 4.48. The number of nitrogens with zero attached hydrogens (tertiary/aromatic N) is 2. The number of hydrogen-bond donors (Lipinski definition) is 1. The zero-order valence-corrected chi connectivity index (χ0v) is 16.9. The van der Waals surface area contributed by atoms with Crippen LogP contribution in [0.1, 0.15) is 15.9 Å². The fourth-order valence-electron chi connectivity index (χ4n) is 3.03. The van der Waals surface area contributed by atoms with Crippen molar-refractivity contribution in [3.63, 3.8) is 0 Å². The predicted octanol–water partition coefficient (Wildman–Crippen LogP) is 2.02. The van der Waals surface area contributed by atoms with Crippen molar-refractivity contribution >= 4 is 21.6 Å². The summed E-state index contributed by atoms with van der Waals surface area (Å²) in [5, 5.41) is 2.91. The highest BCUT2D eigenvalue weighted by Gasteiger charge is 2.26. The van der Waals surface area contributed by atoms with Crippen molar-refractivity contribution in [3.05, 3.63) is 59.7 Å². The van der Waals surface area contributed by atoms with Crippen LogP contribution in [0.5, 0.6) is 0 Å². The van der Waals surface area contributed by atoms with Gasteiger partial charge < -0.3 is 15.0 Å². The van der Waals surface area contributed by atoms with Crippen LogP contribution in [0.25, 0.3) is 0 Å². The SMILES string of the molecule is CN(C)Cc1ccccc1NC(=O)c1ccc(S(=O)(=O)N2CCOCC2)cc1. The molecule has 0 saturated carbocycles. The molecule has 2 aromatic rings. The summed E-state index contributed by atoms with van der Waals surface area (Å²) in [7, 11) is 0.362. The van der Waals surface area contributed by atoms with Gasteiger partial charge in [0, 0.05) is 30.9 Å². The number of anilines is 1. The molecule has 1 saturated heterocycles. The summed E-state index contributed by atoms with van der Waals surface area (Å²) >= 11 is 0. The normalized spacial score (nSPS) is 15.5. The van der Waals surface area contributed by atoms with Crippen LogP contribution in [0.15, 0.2) is 53.4 Å². The average Bonchev–Trinajstić information content (AvgIpc) is 2.70. The lowest BCUT2D eigenvalue weighted by molar-refractivity contribution is 0.0730. The second kappa shape index (κ2) is 8.83. The molecule has 28 heavy (non-hydrogen) atoms. The van der Waals surface area contributed by atoms with Crippen molar-refractivity contribution in [2.45, 2.75) is 11.4 Å². The first-order valence-corrected chi connectivity index (χ1v) is 10.5. The van der Waals surface area contributed by atoms with Gasteiger partial charge in [0.05, 0.1) is 18.1 Å². The molecule has 1 N–H and O–H groups in total. The van der Waals surface area contributed by atoms with Crippen molar-refractivity contribution in [2.24, 2.45) is 0 Å². The highest BCUT2D eigenvalue weighted by atomic mass is 32.2. The average molecular weight is 404 g/mol. The maximum Gasteiger partial charge on any atom is 0.255 e. The number of amides is 1. The molecular formula is C20H25N3O4S. The Morgan fingerprint density at radius 2 is 1.71 bits per heavy atom. The van der Waals surface area contributed by atoms with Gasteiger partial charge in [-0.05, 0) is 50.0 Å². The number of para-hydroxylation sites is 1. The smallest absolute Gasteiger partial charge is 0.255 e. The third-order valence-corrected chi connectivity index (χ3v) is 6.39. The van der Waals surface area contributed by atoms with E-state index in [1.165, 1.54) is 28.6 Å². The molecule has 1 heterocycles. The van der Waals surface area contributed by atoms with Gasteiger partial charge in [0.25, 0.3) is 5.91 Å². The topological polar surface area (TPSA) is 79.0 Å². The monoisotopic (exact) mass is 403 g/mol. The minimum Gasteiger partial charge on any atom is -0.379 e. The van der Waals surface area contributed by atoms with Crippen molar-refractivity contribution < 1.29 is 17.9 Å². The van der Waals surface area contributed by atoms with E-state index in [1.54, 1.807) is 0 Å². The molecule has 0 unspecified atom stereocenters. The number of carbonyl (C=O) groups is 1. The molecule has 1 aliphatic heterocycles. The van der Waals surface area contributed by atoms with Gasteiger partial charge >= 0.3 is 0 Å². The molecule has 1 fully saturated rings. The van der Waals surface area contributed by atoms with Crippen LogP contribution in [0.3, 0.4) is 0 Å². The lowest BCUT2D eigenvalue weighted by Gasteiger charge is -2.26. The van der Waals surface area contributed by atoms with Gasteiger partial charge in [-0.3, -0.25) is 4.79 Å². The highest BCUT2D eigenvalue weighted by molar-refractivity contribution is 7.89. The number of carbonyl (C=O) groups excluding carboxylic acids is 1. The van der Waals surface area contributed by atoms with E-state index in [1.807, 2.05) is 43.3 Å². The Morgan fingerprint density at radius 3 is 2.36 bits per heavy atom. The number of rotatable bonds is 6. The summed E-state index contributed by atoms with van der Waals surface area (Å²) in [5.74, 6) is -0.276. The molecule has 0 atom stereocenters. The van der Waals surface area contributed by atoms with E-state index in [0.717, 1.165) is 11.3 Å². The molecule has 0 spiro atoms. The molecule has 150 valence electrons. The van der Waals surface area contributed by atoms with Crippen LogP contribution in [0.4, 0.5) is 5.69 Å². The fourth-order valence-corrected chi connectivity index (χ4v) is 4.44. The summed E-state index contributed by atoms with van der Waals surface area (Å²) in [6.45, 7) is 2.17. The molecule has 3 rings (SSSR count). The van der Waals surface area contributed by atoms with E-state index in [-0.39, 0.29) is 10.8 Å². The van der Waals surface area contributed by atoms with E-state index in [2.05, 4.69) is 5.32 Å². The van der Waals surface area contributed by atoms with Crippen molar-refractivity contribution in [3.8, 4) is 0 Å². The maximum absolute atomic E-state index is 12.7. The van der Waals surface area contributed by atoms with E-state index in [9.17, 15) is 13.2 Å². The zero-order valence-electron chi connectivity index (χ0n) is 16.1. The number of ether oxygens (including phenoxy) is 1. The van der Waals surface area contributed by atoms with Gasteiger partial charge in [-0.25, -0.2) is 8.42 Å². The Labute approximate surface area is 166 Å². The summed E-state index contributed by atoms with van der Waals surface area (Å²) < 4.78 is 32.0. The molecule has 8 heteroatoms. The second-order valence-corrected chi connectivity index (χ2v) is 8.83. The van der Waals surface area contributed by atoms with Crippen LogP contribution in [0, 0.1) is 0 Å². The third kappa shape index (κ3) is 4.77. The van der Waals surface area contributed by atoms with Gasteiger partial charge in [0.2, 0.25) is 10.0 Å². The first-order valence-electron chi connectivity index (χ1n) is 9.10. The Morgan fingerprint density at radius 1 is 1.07 bits per heavy atom. The number of hydrogen-bond acceptors (Lipinski definition) is 5. The molecule has 0 bridgehead atoms. The fraction of sp³-hybridized carbons (Fsp3) is 0.350. The number of nitrogens with one attached hydrogen (secondary N) is 1. The Balaban J connectivity index is 1.74. The van der Waals surface area contributed by atoms with Crippen LogP contribution >= 0.6 is 0 Å². The van der Waals surface area contributed by atoms with E-state index in [0.29, 0.717) is 38.4 Å². The summed E-state index contributed by atoms with van der Waals surface area (Å²) in [6.07, 6.45) is 0. The molecule has 0 radical (unpaired) electrons. The molecule has 2 aromatic carbocycles. The molecule has 0 aromatic heterocycles. The van der Waals surface area contributed by atoms with Crippen LogP contribution in [0.2, 0.25) is 0 Å². The minimum atomic E-state index is -3.57. The van der Waals surface area contributed by atoms with Crippen LogP contribution in [-0.4, -0.2) is 63.9 Å². The van der Waals surface area contributed by atoms with Gasteiger partial charge in [-0.1, -0.05) is 18.2 Å². The first-order chi connectivity index (χ1) is 13.4. The van der Waals surface area contributed by atoms with Gasteiger partial charge in [0.1, 0.15) is 0 Å². The molecule has 0 aliphatic carbocycles. The minimum absolute atomic E-state index is 0.180. The van der Waals surface area contributed by atoms with Crippen molar-refractivity contribution in [1.29, 1.82) is 0 Å². The highest BCUT2D eigenvalue weighted by Crippen LogP contribution is 2.20. The van der Waals surface area contributed by atoms with E-state index in [4.69, 9.17) is 4.74 Å². The second-order valence-electron chi connectivity index (χ2n) is 6.89. The number of morpholine rings is 1. The Hall–Kier alpha value is -2.26. The van der Waals surface area contributed by atoms with Gasteiger partial charge in [-0.15, -0.1) is 0 Å². The Bertz CT molecular complexity index is 921. The quantitative estimate of drug-likeness (QED) is 0.798. The largest absolute Gasteiger partial charge is 0.379 e. The van der Waals surface area contributed by atoms with Gasteiger partial charge in [0.15, 0.2) is 0 Å². The summed E-state index contributed by atoms with van der Waals surface area (Å²) in [4.78, 5) is 14.8. The number of benzene rings is 2. The van der Waals surface area contributed by atoms with Gasteiger partial charge in [-0.2, -0.15) is 4.31 Å². The van der Waals surface area contributed by atoms with Crippen molar-refractivity contribution in [2.75, 3.05) is 45.7 Å².